The van der Waals surface area contributed by atoms with Gasteiger partial charge in [-0.05, 0) is 36.8 Å². The van der Waals surface area contributed by atoms with E-state index in [1.165, 1.54) is 0 Å². The number of anilines is 2. The Bertz CT molecular complexity index is 1470. The molecule has 1 unspecified atom stereocenters. The predicted octanol–water partition coefficient (Wildman–Crippen LogP) is 3.78. The van der Waals surface area contributed by atoms with E-state index in [0.717, 1.165) is 22.3 Å². The maximum absolute atomic E-state index is 12.9. The third kappa shape index (κ3) is 5.04. The van der Waals surface area contributed by atoms with E-state index in [2.05, 4.69) is 30.6 Å². The van der Waals surface area contributed by atoms with Gasteiger partial charge in [-0.15, -0.1) is 0 Å². The predicted molar refractivity (Wildman–Crippen MR) is 135 cm³/mol. The van der Waals surface area contributed by atoms with Crippen LogP contribution >= 0.6 is 0 Å². The molecule has 0 saturated heterocycles. The summed E-state index contributed by atoms with van der Waals surface area (Å²) in [6.45, 7) is 2.05. The first-order chi connectivity index (χ1) is 17.1. The lowest BCUT2D eigenvalue weighted by molar-refractivity contribution is 0.102. The Hall–Kier alpha value is -4.50. The quantitative estimate of drug-likeness (QED) is 0.276. The first-order valence-electron chi connectivity index (χ1n) is 11.3. The molecule has 35 heavy (non-hydrogen) atoms. The monoisotopic (exact) mass is 467 g/mol. The van der Waals surface area contributed by atoms with Gasteiger partial charge in [-0.25, -0.2) is 9.97 Å². The normalized spacial score (nSPS) is 11.9. The summed E-state index contributed by atoms with van der Waals surface area (Å²) in [5.41, 5.74) is 3.23. The number of fused-ring (bicyclic) bond motifs is 1. The van der Waals surface area contributed by atoms with E-state index in [0.29, 0.717) is 36.0 Å². The molecule has 9 nitrogen and oxygen atoms in total. The van der Waals surface area contributed by atoms with Gasteiger partial charge in [0.2, 0.25) is 5.95 Å². The maximum atomic E-state index is 12.9. The first kappa shape index (κ1) is 22.3. The molecule has 9 heteroatoms. The highest BCUT2D eigenvalue weighted by Crippen LogP contribution is 2.21. The topological polar surface area (TPSA) is 121 Å². The second-order valence-corrected chi connectivity index (χ2v) is 8.26. The average molecular weight is 468 g/mol. The van der Waals surface area contributed by atoms with E-state index in [-0.39, 0.29) is 5.91 Å². The summed E-state index contributed by atoms with van der Waals surface area (Å²) in [5, 5.41) is 16.4. The van der Waals surface area contributed by atoms with Gasteiger partial charge in [-0.3, -0.25) is 9.36 Å². The van der Waals surface area contributed by atoms with Crippen molar-refractivity contribution in [2.45, 2.75) is 19.4 Å². The minimum absolute atomic E-state index is 0.167. The molecule has 0 fully saturated rings. The van der Waals surface area contributed by atoms with Gasteiger partial charge in [0.15, 0.2) is 0 Å². The van der Waals surface area contributed by atoms with E-state index >= 15 is 0 Å². The summed E-state index contributed by atoms with van der Waals surface area (Å²) in [5.74, 6) is 1.74. The van der Waals surface area contributed by atoms with Crippen molar-refractivity contribution in [3.8, 4) is 5.82 Å². The second-order valence-electron chi connectivity index (χ2n) is 8.26. The zero-order chi connectivity index (χ0) is 24.2. The van der Waals surface area contributed by atoms with Crippen LogP contribution in [0.1, 0.15) is 28.7 Å². The first-order valence-corrected chi connectivity index (χ1v) is 11.3. The van der Waals surface area contributed by atoms with Crippen molar-refractivity contribution in [3.05, 3.63) is 96.3 Å². The van der Waals surface area contributed by atoms with Crippen LogP contribution in [0.3, 0.4) is 0 Å². The van der Waals surface area contributed by atoms with Gasteiger partial charge < -0.3 is 20.7 Å². The van der Waals surface area contributed by atoms with Gasteiger partial charge in [0.1, 0.15) is 11.6 Å². The van der Waals surface area contributed by atoms with Crippen LogP contribution in [0, 0.1) is 0 Å². The number of nitrogens with one attached hydrogen (secondary N) is 3. The number of carbonyl (C=O) groups is 1. The number of imidazole rings is 1. The molecule has 5 rings (SSSR count). The Morgan fingerprint density at radius 3 is 2.89 bits per heavy atom. The van der Waals surface area contributed by atoms with Crippen LogP contribution in [-0.4, -0.2) is 48.2 Å². The van der Waals surface area contributed by atoms with Crippen LogP contribution in [0.15, 0.2) is 79.4 Å². The van der Waals surface area contributed by atoms with Crippen molar-refractivity contribution in [1.82, 2.24) is 24.5 Å². The average Bonchev–Trinajstić information content (AvgIpc) is 3.50. The molecule has 3 aromatic heterocycles. The van der Waals surface area contributed by atoms with Crippen LogP contribution in [0.25, 0.3) is 16.7 Å². The molecule has 0 bridgehead atoms. The number of benzene rings is 2. The highest BCUT2D eigenvalue weighted by atomic mass is 16.3. The minimum atomic E-state index is -0.505. The lowest BCUT2D eigenvalue weighted by Gasteiger charge is -2.11. The van der Waals surface area contributed by atoms with Crippen LogP contribution in [0.5, 0.6) is 0 Å². The number of aromatic nitrogens is 5. The van der Waals surface area contributed by atoms with Crippen LogP contribution < -0.4 is 10.6 Å². The molecule has 0 radical (unpaired) electrons. The summed E-state index contributed by atoms with van der Waals surface area (Å²) in [6, 6.07) is 17.2. The van der Waals surface area contributed by atoms with Crippen LogP contribution in [-0.2, 0) is 6.42 Å². The smallest absolute Gasteiger partial charge is 0.257 e. The Kier molecular flexibility index (Phi) is 6.23. The number of H-pyrrole nitrogens is 1. The molecule has 1 amide bonds. The van der Waals surface area contributed by atoms with Crippen molar-refractivity contribution in [2.24, 2.45) is 0 Å². The third-order valence-corrected chi connectivity index (χ3v) is 5.54. The highest BCUT2D eigenvalue weighted by molar-refractivity contribution is 6.12. The van der Waals surface area contributed by atoms with Gasteiger partial charge in [0, 0.05) is 54.3 Å². The number of aliphatic hydroxyl groups is 1. The van der Waals surface area contributed by atoms with Gasteiger partial charge in [-0.2, -0.15) is 4.98 Å². The molecule has 176 valence electrons. The number of rotatable bonds is 8. The van der Waals surface area contributed by atoms with Crippen molar-refractivity contribution in [1.29, 1.82) is 0 Å². The number of carbonyl (C=O) groups excluding carboxylic acids is 1. The summed E-state index contributed by atoms with van der Waals surface area (Å²) in [6.07, 6.45) is 7.01. The van der Waals surface area contributed by atoms with E-state index in [9.17, 15) is 9.90 Å². The molecular weight excluding hydrogens is 442 g/mol. The number of para-hydroxylation sites is 1. The Labute approximate surface area is 201 Å². The molecule has 5 aromatic rings. The molecule has 0 aliphatic rings. The molecule has 0 aliphatic carbocycles. The molecule has 0 aliphatic heterocycles. The SMILES string of the molecule is CC(O)CNc1nccc(-n2ccnc2Cc2cccc(NC(=O)c3c[nH]c4ccccc34)c2)n1. The van der Waals surface area contributed by atoms with Crippen LogP contribution in [0.2, 0.25) is 0 Å². The molecule has 0 spiro atoms. The van der Waals surface area contributed by atoms with E-state index in [1.54, 1.807) is 31.6 Å². The Balaban J connectivity index is 1.33. The van der Waals surface area contributed by atoms with E-state index in [1.807, 2.05) is 59.3 Å². The Morgan fingerprint density at radius 1 is 1.11 bits per heavy atom. The molecule has 4 N–H and O–H groups in total. The van der Waals surface area contributed by atoms with Gasteiger partial charge in [0.05, 0.1) is 11.7 Å². The number of nitrogens with zero attached hydrogens (tertiary/aromatic N) is 4. The number of hydrogen-bond acceptors (Lipinski definition) is 6. The van der Waals surface area contributed by atoms with Gasteiger partial charge >= 0.3 is 0 Å². The van der Waals surface area contributed by atoms with Gasteiger partial charge in [-0.1, -0.05) is 30.3 Å². The lowest BCUT2D eigenvalue weighted by Crippen LogP contribution is -2.17. The lowest BCUT2D eigenvalue weighted by atomic mass is 10.1. The highest BCUT2D eigenvalue weighted by Gasteiger charge is 2.13. The fourth-order valence-corrected chi connectivity index (χ4v) is 3.88. The fraction of sp³-hybridized carbons (Fsp3) is 0.154. The van der Waals surface area contributed by atoms with Crippen molar-refractivity contribution < 1.29 is 9.90 Å². The van der Waals surface area contributed by atoms with Gasteiger partial charge in [0.25, 0.3) is 5.91 Å². The van der Waals surface area contributed by atoms with Crippen molar-refractivity contribution in [3.63, 3.8) is 0 Å². The largest absolute Gasteiger partial charge is 0.392 e. The number of amides is 1. The summed E-state index contributed by atoms with van der Waals surface area (Å²) in [7, 11) is 0. The Morgan fingerprint density at radius 2 is 2.00 bits per heavy atom. The molecule has 0 saturated carbocycles. The standard InChI is InChI=1S/C26H25N7O2/c1-17(34)15-30-26-28-10-9-23(32-26)33-12-11-27-24(33)14-18-5-4-6-19(13-18)31-25(35)21-16-29-22-8-3-2-7-20(21)22/h2-13,16-17,29,34H,14-15H2,1H3,(H,31,35)(H,28,30,32). The maximum Gasteiger partial charge on any atom is 0.257 e. The van der Waals surface area contributed by atoms with E-state index in [4.69, 9.17) is 0 Å². The molecular formula is C26H25N7O2. The minimum Gasteiger partial charge on any atom is -0.392 e. The van der Waals surface area contributed by atoms with Crippen LogP contribution in [0.4, 0.5) is 11.6 Å². The zero-order valence-electron chi connectivity index (χ0n) is 19.1. The number of hydrogen-bond donors (Lipinski definition) is 4. The zero-order valence-corrected chi connectivity index (χ0v) is 19.1. The molecule has 3 heterocycles. The summed E-state index contributed by atoms with van der Waals surface area (Å²) < 4.78 is 1.90. The van der Waals surface area contributed by atoms with Crippen molar-refractivity contribution in [2.75, 3.05) is 17.2 Å². The molecule has 1 atom stereocenters. The number of aliphatic hydroxyl groups excluding tert-OH is 1. The van der Waals surface area contributed by atoms with E-state index < -0.39 is 6.10 Å². The second kappa shape index (κ2) is 9.78. The van der Waals surface area contributed by atoms with Crippen molar-refractivity contribution >= 4 is 28.4 Å². The molecule has 2 aromatic carbocycles. The fourth-order valence-electron chi connectivity index (χ4n) is 3.88. The number of aromatic amines is 1. The summed E-state index contributed by atoms with van der Waals surface area (Å²) in [4.78, 5) is 29.3. The third-order valence-electron chi connectivity index (χ3n) is 5.54. The summed E-state index contributed by atoms with van der Waals surface area (Å²) >= 11 is 0.